The van der Waals surface area contributed by atoms with Gasteiger partial charge in [0.1, 0.15) is 0 Å². The number of hydrogen-bond acceptors (Lipinski definition) is 1. The van der Waals surface area contributed by atoms with Gasteiger partial charge in [-0.25, -0.2) is 0 Å². The standard InChI is InChI=1S/C15H24.C2H5N/c1-3-4-5-6-7-8-9-15-12-10-14(2)11-13-15;1-2-3/h10-13H,3-9H2,1-2H3;2H,1,3H2. The Balaban J connectivity index is 0.000000873. The second kappa shape index (κ2) is 12.2. The van der Waals surface area contributed by atoms with Crippen LogP contribution in [0.1, 0.15) is 56.6 Å². The van der Waals surface area contributed by atoms with Crippen molar-refractivity contribution in [2.45, 2.75) is 58.8 Å². The predicted octanol–water partition coefficient (Wildman–Crippen LogP) is 4.99. The van der Waals surface area contributed by atoms with Crippen LogP contribution in [0.25, 0.3) is 0 Å². The molecule has 0 spiro atoms. The molecule has 0 heterocycles. The molecule has 1 aromatic carbocycles. The largest absolute Gasteiger partial charge is 0.405 e. The molecule has 1 heteroatoms. The van der Waals surface area contributed by atoms with Crippen LogP contribution >= 0.6 is 0 Å². The van der Waals surface area contributed by atoms with E-state index in [1.165, 1.54) is 62.3 Å². The molecule has 2 N–H and O–H groups in total. The monoisotopic (exact) mass is 247 g/mol. The highest BCUT2D eigenvalue weighted by atomic mass is 14.5. The molecule has 0 atom stereocenters. The predicted molar refractivity (Wildman–Crippen MR) is 82.6 cm³/mol. The van der Waals surface area contributed by atoms with Crippen molar-refractivity contribution in [1.29, 1.82) is 0 Å². The van der Waals surface area contributed by atoms with E-state index < -0.39 is 0 Å². The third kappa shape index (κ3) is 9.95. The average Bonchev–Trinajstić information content (AvgIpc) is 2.37. The Labute approximate surface area is 113 Å². The zero-order chi connectivity index (χ0) is 13.6. The van der Waals surface area contributed by atoms with Gasteiger partial charge in [-0.15, -0.1) is 0 Å². The summed E-state index contributed by atoms with van der Waals surface area (Å²) in [7, 11) is 0. The molecule has 102 valence electrons. The molecular weight excluding hydrogens is 218 g/mol. The van der Waals surface area contributed by atoms with E-state index in [2.05, 4.69) is 50.4 Å². The minimum atomic E-state index is 1.25. The molecular formula is C17H29N. The topological polar surface area (TPSA) is 26.0 Å². The maximum atomic E-state index is 4.61. The molecule has 0 bridgehead atoms. The lowest BCUT2D eigenvalue weighted by atomic mass is 10.0. The molecule has 18 heavy (non-hydrogen) atoms. The SMILES string of the molecule is C=CN.CCCCCCCCc1ccc(C)cc1. The quantitative estimate of drug-likeness (QED) is 0.675. The van der Waals surface area contributed by atoms with Crippen LogP contribution in [0.3, 0.4) is 0 Å². The van der Waals surface area contributed by atoms with Gasteiger partial charge in [-0.2, -0.15) is 0 Å². The molecule has 1 nitrogen and oxygen atoms in total. The minimum Gasteiger partial charge on any atom is -0.405 e. The van der Waals surface area contributed by atoms with Crippen LogP contribution in [0.4, 0.5) is 0 Å². The summed E-state index contributed by atoms with van der Waals surface area (Å²) in [4.78, 5) is 0. The van der Waals surface area contributed by atoms with E-state index in [4.69, 9.17) is 0 Å². The molecule has 0 aliphatic rings. The Kier molecular flexibility index (Phi) is 11.4. The molecule has 0 radical (unpaired) electrons. The zero-order valence-electron chi connectivity index (χ0n) is 12.1. The van der Waals surface area contributed by atoms with Gasteiger partial charge in [0, 0.05) is 0 Å². The summed E-state index contributed by atoms with van der Waals surface area (Å²) in [6.45, 7) is 7.56. The fourth-order valence-corrected chi connectivity index (χ4v) is 1.86. The van der Waals surface area contributed by atoms with Crippen molar-refractivity contribution in [2.75, 3.05) is 0 Å². The Morgan fingerprint density at radius 2 is 1.50 bits per heavy atom. The van der Waals surface area contributed by atoms with Crippen molar-refractivity contribution in [3.05, 3.63) is 48.2 Å². The lowest BCUT2D eigenvalue weighted by Crippen LogP contribution is -1.86. The fourth-order valence-electron chi connectivity index (χ4n) is 1.86. The Bertz CT molecular complexity index is 287. The van der Waals surface area contributed by atoms with E-state index in [-0.39, 0.29) is 0 Å². The van der Waals surface area contributed by atoms with Crippen LogP contribution < -0.4 is 5.73 Å². The van der Waals surface area contributed by atoms with Crippen molar-refractivity contribution >= 4 is 0 Å². The Morgan fingerprint density at radius 3 is 2.06 bits per heavy atom. The first kappa shape index (κ1) is 16.8. The highest BCUT2D eigenvalue weighted by molar-refractivity contribution is 5.21. The minimum absolute atomic E-state index is 1.25. The summed E-state index contributed by atoms with van der Waals surface area (Å²) in [5, 5.41) is 0. The first-order chi connectivity index (χ1) is 8.74. The van der Waals surface area contributed by atoms with Crippen LogP contribution in [0.2, 0.25) is 0 Å². The third-order valence-electron chi connectivity index (χ3n) is 2.94. The van der Waals surface area contributed by atoms with Crippen molar-refractivity contribution in [1.82, 2.24) is 0 Å². The molecule has 1 aromatic rings. The van der Waals surface area contributed by atoms with Gasteiger partial charge in [-0.05, 0) is 31.5 Å². The van der Waals surface area contributed by atoms with Crippen molar-refractivity contribution < 1.29 is 0 Å². The van der Waals surface area contributed by atoms with Gasteiger partial charge < -0.3 is 5.73 Å². The summed E-state index contributed by atoms with van der Waals surface area (Å²) in [5.41, 5.74) is 7.47. The van der Waals surface area contributed by atoms with Crippen molar-refractivity contribution in [3.63, 3.8) is 0 Å². The van der Waals surface area contributed by atoms with Crippen LogP contribution in [0.5, 0.6) is 0 Å². The van der Waals surface area contributed by atoms with Crippen LogP contribution in [0, 0.1) is 6.92 Å². The van der Waals surface area contributed by atoms with E-state index in [9.17, 15) is 0 Å². The number of benzene rings is 1. The number of nitrogens with two attached hydrogens (primary N) is 1. The summed E-state index contributed by atoms with van der Waals surface area (Å²) >= 11 is 0. The molecule has 0 aliphatic heterocycles. The second-order valence-corrected chi connectivity index (χ2v) is 4.74. The Morgan fingerprint density at radius 1 is 1.00 bits per heavy atom. The van der Waals surface area contributed by atoms with Gasteiger partial charge in [0.15, 0.2) is 0 Å². The van der Waals surface area contributed by atoms with E-state index in [0.29, 0.717) is 0 Å². The van der Waals surface area contributed by atoms with Crippen molar-refractivity contribution in [3.8, 4) is 0 Å². The molecule has 0 amide bonds. The molecule has 0 fully saturated rings. The fraction of sp³-hybridized carbons (Fsp3) is 0.529. The van der Waals surface area contributed by atoms with Gasteiger partial charge in [0.2, 0.25) is 0 Å². The Hall–Kier alpha value is -1.24. The molecule has 0 saturated carbocycles. The van der Waals surface area contributed by atoms with Crippen LogP contribution in [0.15, 0.2) is 37.0 Å². The highest BCUT2D eigenvalue weighted by Crippen LogP contribution is 2.10. The average molecular weight is 247 g/mol. The van der Waals surface area contributed by atoms with Gasteiger partial charge in [0.05, 0.1) is 0 Å². The van der Waals surface area contributed by atoms with Gasteiger partial charge in [-0.1, -0.05) is 75.4 Å². The number of aryl methyl sites for hydroxylation is 2. The van der Waals surface area contributed by atoms with E-state index in [1.54, 1.807) is 0 Å². The molecule has 0 unspecified atom stereocenters. The van der Waals surface area contributed by atoms with Crippen molar-refractivity contribution in [2.24, 2.45) is 5.73 Å². The number of rotatable bonds is 7. The smallest absolute Gasteiger partial charge is 0.0136 e. The summed E-state index contributed by atoms with van der Waals surface area (Å²) < 4.78 is 0. The normalized spacial score (nSPS) is 9.44. The lowest BCUT2D eigenvalue weighted by molar-refractivity contribution is 0.607. The van der Waals surface area contributed by atoms with Gasteiger partial charge in [-0.3, -0.25) is 0 Å². The first-order valence-electron chi connectivity index (χ1n) is 7.12. The molecule has 0 aromatic heterocycles. The molecule has 0 saturated heterocycles. The zero-order valence-corrected chi connectivity index (χ0v) is 12.1. The number of unbranched alkanes of at least 4 members (excludes halogenated alkanes) is 5. The summed E-state index contributed by atoms with van der Waals surface area (Å²) in [6, 6.07) is 8.96. The van der Waals surface area contributed by atoms with E-state index in [1.807, 2.05) is 0 Å². The van der Waals surface area contributed by atoms with Crippen LogP contribution in [-0.4, -0.2) is 0 Å². The van der Waals surface area contributed by atoms with E-state index in [0.717, 1.165) is 0 Å². The first-order valence-corrected chi connectivity index (χ1v) is 7.12. The summed E-state index contributed by atoms with van der Waals surface area (Å²) in [5.74, 6) is 0. The lowest BCUT2D eigenvalue weighted by Gasteiger charge is -2.02. The molecule has 1 rings (SSSR count). The van der Waals surface area contributed by atoms with Crippen LogP contribution in [-0.2, 0) is 6.42 Å². The van der Waals surface area contributed by atoms with Gasteiger partial charge in [0.25, 0.3) is 0 Å². The second-order valence-electron chi connectivity index (χ2n) is 4.74. The maximum absolute atomic E-state index is 4.61. The summed E-state index contributed by atoms with van der Waals surface area (Å²) in [6.07, 6.45) is 10.8. The van der Waals surface area contributed by atoms with E-state index >= 15 is 0 Å². The maximum Gasteiger partial charge on any atom is -0.0136 e. The third-order valence-corrected chi connectivity index (χ3v) is 2.94. The number of hydrogen-bond donors (Lipinski definition) is 1. The highest BCUT2D eigenvalue weighted by Gasteiger charge is 1.93. The molecule has 0 aliphatic carbocycles. The van der Waals surface area contributed by atoms with Gasteiger partial charge >= 0.3 is 0 Å².